The van der Waals surface area contributed by atoms with E-state index in [1.165, 1.54) is 34.2 Å². The van der Waals surface area contributed by atoms with Crippen molar-refractivity contribution in [2.45, 2.75) is 60.3 Å². The lowest BCUT2D eigenvalue weighted by molar-refractivity contribution is 0.0285. The number of nitrogens with one attached hydrogen (secondary N) is 2. The molecule has 0 bridgehead atoms. The predicted octanol–water partition coefficient (Wildman–Crippen LogP) is 6.09. The number of pyridine rings is 2. The van der Waals surface area contributed by atoms with Crippen LogP contribution in [0.5, 0.6) is 0 Å². The molecule has 0 radical (unpaired) electrons. The van der Waals surface area contributed by atoms with Gasteiger partial charge in [0.25, 0.3) is 5.91 Å². The molecule has 3 N–H and O–H groups in total. The van der Waals surface area contributed by atoms with Crippen molar-refractivity contribution in [3.05, 3.63) is 89.8 Å². The quantitative estimate of drug-likeness (QED) is 0.159. The molecule has 0 spiro atoms. The van der Waals surface area contributed by atoms with Crippen LogP contribution in [0.3, 0.4) is 0 Å². The summed E-state index contributed by atoms with van der Waals surface area (Å²) >= 11 is 2.49. The monoisotopic (exact) mass is 707 g/mol. The summed E-state index contributed by atoms with van der Waals surface area (Å²) in [6.07, 6.45) is 5.93. The Morgan fingerprint density at radius 2 is 1.84 bits per heavy atom. The van der Waals surface area contributed by atoms with E-state index < -0.39 is 23.4 Å². The van der Waals surface area contributed by atoms with Gasteiger partial charge in [0, 0.05) is 37.9 Å². The van der Waals surface area contributed by atoms with Crippen molar-refractivity contribution >= 4 is 46.0 Å². The standard InChI is InChI=1S/C35H42FN7O4S2/c1-34(2,3)47-33(46)42(4)22-24-10-11-27(38-20-24)41-32-39-21-28(49-32)48-26-12-15-37-30(29(26)36)31(45)40-23-35(25-8-6-5-7-9-25)13-16-43(17-14-35)18-19-44/h5-12,15,20-21,44H,13-14,16-19,22-23H2,1-4H3,(H,40,45)(H,38,39,41). The van der Waals surface area contributed by atoms with Gasteiger partial charge >= 0.3 is 6.09 Å². The van der Waals surface area contributed by atoms with Crippen LogP contribution in [0.25, 0.3) is 0 Å². The number of aliphatic hydroxyl groups is 1. The molecule has 0 aliphatic carbocycles. The molecular weight excluding hydrogens is 666 g/mol. The van der Waals surface area contributed by atoms with Crippen LogP contribution in [0.15, 0.2) is 76.2 Å². The number of benzene rings is 1. The number of nitrogens with zero attached hydrogens (tertiary/aromatic N) is 5. The highest BCUT2D eigenvalue weighted by Gasteiger charge is 2.37. The first-order valence-electron chi connectivity index (χ1n) is 16.1. The minimum Gasteiger partial charge on any atom is -0.444 e. The Morgan fingerprint density at radius 1 is 1.08 bits per heavy atom. The molecule has 1 saturated heterocycles. The second-order valence-corrected chi connectivity index (χ2v) is 15.3. The highest BCUT2D eigenvalue weighted by atomic mass is 32.2. The van der Waals surface area contributed by atoms with Crippen molar-refractivity contribution in [3.63, 3.8) is 0 Å². The van der Waals surface area contributed by atoms with Gasteiger partial charge in [-0.2, -0.15) is 0 Å². The molecule has 1 aromatic carbocycles. The van der Waals surface area contributed by atoms with E-state index in [1.807, 2.05) is 45.0 Å². The Hall–Kier alpha value is -4.11. The Morgan fingerprint density at radius 3 is 2.51 bits per heavy atom. The number of aliphatic hydroxyl groups excluding tert-OH is 1. The summed E-state index contributed by atoms with van der Waals surface area (Å²) < 4.78 is 21.8. The average molecular weight is 708 g/mol. The summed E-state index contributed by atoms with van der Waals surface area (Å²) in [5, 5.41) is 16.1. The van der Waals surface area contributed by atoms with E-state index in [9.17, 15) is 14.7 Å². The number of hydrogen-bond acceptors (Lipinski definition) is 11. The van der Waals surface area contributed by atoms with Gasteiger partial charge in [-0.05, 0) is 70.0 Å². The van der Waals surface area contributed by atoms with E-state index in [0.29, 0.717) is 34.8 Å². The zero-order valence-corrected chi connectivity index (χ0v) is 29.7. The normalized spacial score (nSPS) is 14.7. The lowest BCUT2D eigenvalue weighted by atomic mass is 9.72. The molecule has 2 amide bonds. The Balaban J connectivity index is 1.19. The van der Waals surface area contributed by atoms with Gasteiger partial charge in [-0.25, -0.2) is 24.1 Å². The van der Waals surface area contributed by atoms with Crippen molar-refractivity contribution in [2.75, 3.05) is 45.2 Å². The Kier molecular flexibility index (Phi) is 11.9. The molecule has 1 aliphatic heterocycles. The highest BCUT2D eigenvalue weighted by Crippen LogP contribution is 2.37. The first-order chi connectivity index (χ1) is 23.4. The molecule has 14 heteroatoms. The second-order valence-electron chi connectivity index (χ2n) is 13.0. The van der Waals surface area contributed by atoms with Crippen molar-refractivity contribution in [3.8, 4) is 0 Å². The topological polar surface area (TPSA) is 133 Å². The number of aromatic nitrogens is 3. The SMILES string of the molecule is CN(Cc1ccc(Nc2ncc(Sc3ccnc(C(=O)NCC4(c5ccccc5)CCN(CCO)CC4)c3F)s2)nc1)C(=O)OC(C)(C)C. The number of piperidine rings is 1. The van der Waals surface area contributed by atoms with E-state index >= 15 is 4.39 Å². The van der Waals surface area contributed by atoms with Crippen LogP contribution in [0, 0.1) is 5.82 Å². The molecule has 260 valence electrons. The molecule has 3 aromatic heterocycles. The van der Waals surface area contributed by atoms with Crippen LogP contribution in [0.2, 0.25) is 0 Å². The molecule has 5 rings (SSSR count). The number of β-amino-alcohol motifs (C(OH)–C–C–N with tert-alkyl or cyclic N) is 1. The number of halogens is 1. The lowest BCUT2D eigenvalue weighted by Crippen LogP contribution is -2.49. The van der Waals surface area contributed by atoms with Gasteiger partial charge in [0.15, 0.2) is 16.6 Å². The number of thiazole rings is 1. The predicted molar refractivity (Wildman–Crippen MR) is 189 cm³/mol. The van der Waals surface area contributed by atoms with E-state index in [4.69, 9.17) is 4.74 Å². The van der Waals surface area contributed by atoms with E-state index in [-0.39, 0.29) is 22.6 Å². The summed E-state index contributed by atoms with van der Waals surface area (Å²) in [6, 6.07) is 15.3. The van der Waals surface area contributed by atoms with Gasteiger partial charge in [-0.3, -0.25) is 4.79 Å². The first-order valence-corrected chi connectivity index (χ1v) is 17.7. The largest absolute Gasteiger partial charge is 0.444 e. The number of ether oxygens (including phenoxy) is 1. The molecular formula is C35H42FN7O4S2. The maximum Gasteiger partial charge on any atom is 0.410 e. The first kappa shape index (κ1) is 36.2. The summed E-state index contributed by atoms with van der Waals surface area (Å²) in [4.78, 5) is 42.5. The molecule has 0 unspecified atom stereocenters. The molecule has 4 heterocycles. The molecule has 1 fully saturated rings. The number of carbonyl (C=O) groups is 2. The molecule has 1 aliphatic rings. The summed E-state index contributed by atoms with van der Waals surface area (Å²) in [5.74, 6) is -0.685. The highest BCUT2D eigenvalue weighted by molar-refractivity contribution is 8.01. The Bertz CT molecular complexity index is 1710. The summed E-state index contributed by atoms with van der Waals surface area (Å²) in [5.41, 5.74) is 0.831. The zero-order chi connectivity index (χ0) is 35.0. The number of hydrogen-bond donors (Lipinski definition) is 3. The molecule has 11 nitrogen and oxygen atoms in total. The van der Waals surface area contributed by atoms with Crippen molar-refractivity contribution < 1.29 is 23.8 Å². The fourth-order valence-corrected chi connectivity index (χ4v) is 7.42. The van der Waals surface area contributed by atoms with Gasteiger partial charge in [0.2, 0.25) is 0 Å². The maximum atomic E-state index is 15.7. The number of amides is 2. The Labute approximate surface area is 294 Å². The average Bonchev–Trinajstić information content (AvgIpc) is 3.52. The molecule has 4 aromatic rings. The van der Waals surface area contributed by atoms with E-state index in [0.717, 1.165) is 37.1 Å². The third-order valence-electron chi connectivity index (χ3n) is 8.15. The molecule has 49 heavy (non-hydrogen) atoms. The fraction of sp³-hybridized carbons (Fsp3) is 0.400. The van der Waals surface area contributed by atoms with Gasteiger partial charge in [0.05, 0.1) is 28.5 Å². The summed E-state index contributed by atoms with van der Waals surface area (Å²) in [7, 11) is 1.67. The minimum atomic E-state index is -0.687. The maximum absolute atomic E-state index is 15.7. The van der Waals surface area contributed by atoms with E-state index in [2.05, 4.69) is 42.6 Å². The van der Waals surface area contributed by atoms with Crippen molar-refractivity contribution in [1.29, 1.82) is 0 Å². The van der Waals surface area contributed by atoms with Crippen LogP contribution in [-0.4, -0.2) is 87.3 Å². The third kappa shape index (κ3) is 9.75. The minimum absolute atomic E-state index is 0.108. The van der Waals surface area contributed by atoms with Crippen LogP contribution >= 0.6 is 23.1 Å². The number of likely N-dealkylation sites (tertiary alicyclic amines) is 1. The zero-order valence-electron chi connectivity index (χ0n) is 28.1. The van der Waals surface area contributed by atoms with Crippen LogP contribution in [0.1, 0.15) is 55.2 Å². The van der Waals surface area contributed by atoms with Crippen molar-refractivity contribution in [1.82, 2.24) is 30.1 Å². The summed E-state index contributed by atoms with van der Waals surface area (Å²) in [6.45, 7) is 8.48. The third-order valence-corrected chi connectivity index (χ3v) is 10.2. The van der Waals surface area contributed by atoms with Crippen LogP contribution < -0.4 is 10.6 Å². The number of anilines is 2. The van der Waals surface area contributed by atoms with Gasteiger partial charge in [-0.15, -0.1) is 0 Å². The van der Waals surface area contributed by atoms with Gasteiger partial charge < -0.3 is 30.3 Å². The van der Waals surface area contributed by atoms with Gasteiger partial charge in [-0.1, -0.05) is 59.5 Å². The van der Waals surface area contributed by atoms with Crippen LogP contribution in [0.4, 0.5) is 20.1 Å². The number of rotatable bonds is 12. The fourth-order valence-electron chi connectivity index (χ4n) is 5.55. The van der Waals surface area contributed by atoms with Crippen molar-refractivity contribution in [2.24, 2.45) is 0 Å². The number of carbonyl (C=O) groups excluding carboxylic acids is 2. The van der Waals surface area contributed by atoms with Gasteiger partial charge in [0.1, 0.15) is 11.4 Å². The van der Waals surface area contributed by atoms with Crippen LogP contribution in [-0.2, 0) is 16.7 Å². The van der Waals surface area contributed by atoms with E-state index in [1.54, 1.807) is 31.6 Å². The molecule has 0 atom stereocenters. The second kappa shape index (κ2) is 16.1. The molecule has 0 saturated carbocycles. The smallest absolute Gasteiger partial charge is 0.410 e. The lowest BCUT2D eigenvalue weighted by Gasteiger charge is -2.42.